The number of carbonyl (C=O) groups excluding carboxylic acids is 1. The van der Waals surface area contributed by atoms with Crippen molar-refractivity contribution in [2.45, 2.75) is 16.7 Å². The molecule has 2 aromatic carbocycles. The van der Waals surface area contributed by atoms with E-state index in [0.29, 0.717) is 0 Å². The highest BCUT2D eigenvalue weighted by Gasteiger charge is 2.24. The van der Waals surface area contributed by atoms with Crippen molar-refractivity contribution >= 4 is 26.0 Å². The number of rotatable bonds is 6. The van der Waals surface area contributed by atoms with Gasteiger partial charge in [0.25, 0.3) is 20.0 Å². The van der Waals surface area contributed by atoms with Gasteiger partial charge in [0, 0.05) is 0 Å². The van der Waals surface area contributed by atoms with Crippen molar-refractivity contribution in [2.75, 3.05) is 7.11 Å². The second-order valence-electron chi connectivity index (χ2n) is 5.01. The van der Waals surface area contributed by atoms with Crippen LogP contribution in [-0.2, 0) is 24.8 Å². The number of carbonyl (C=O) groups is 1. The van der Waals surface area contributed by atoms with Crippen molar-refractivity contribution in [3.63, 3.8) is 0 Å². The van der Waals surface area contributed by atoms with Crippen LogP contribution in [0.5, 0.6) is 0 Å². The third-order valence-electron chi connectivity index (χ3n) is 3.22. The smallest absolute Gasteiger partial charge is 0.339 e. The molecule has 2 rings (SSSR count). The Bertz CT molecular complexity index is 983. The molecule has 0 saturated carbocycles. The third kappa shape index (κ3) is 4.42. The third-order valence-corrected chi connectivity index (χ3v) is 5.92. The SMILES string of the molecule is COC(=O)c1ccccc1S(=O)(=O)NNS(=O)(=O)c1ccc(C)cc1. The fraction of sp³-hybridized carbons (Fsp3) is 0.133. The Morgan fingerprint density at radius 3 is 2.04 bits per heavy atom. The molecule has 0 bridgehead atoms. The monoisotopic (exact) mass is 384 g/mol. The number of hydrogen-bond donors (Lipinski definition) is 2. The van der Waals surface area contributed by atoms with Gasteiger partial charge in [-0.3, -0.25) is 0 Å². The molecule has 0 saturated heterocycles. The largest absolute Gasteiger partial charge is 0.465 e. The van der Waals surface area contributed by atoms with E-state index in [2.05, 4.69) is 4.74 Å². The van der Waals surface area contributed by atoms with Crippen LogP contribution in [0, 0.1) is 6.92 Å². The number of esters is 1. The number of hydrazine groups is 1. The first-order chi connectivity index (χ1) is 11.7. The molecular weight excluding hydrogens is 368 g/mol. The van der Waals surface area contributed by atoms with Gasteiger partial charge in [-0.1, -0.05) is 29.8 Å². The van der Waals surface area contributed by atoms with Gasteiger partial charge in [-0.15, -0.1) is 9.66 Å². The van der Waals surface area contributed by atoms with Crippen LogP contribution in [0.15, 0.2) is 58.3 Å². The van der Waals surface area contributed by atoms with E-state index >= 15 is 0 Å². The number of sulfonamides is 2. The van der Waals surface area contributed by atoms with Gasteiger partial charge in [0.1, 0.15) is 0 Å². The van der Waals surface area contributed by atoms with Crippen molar-refractivity contribution in [2.24, 2.45) is 0 Å². The summed E-state index contributed by atoms with van der Waals surface area (Å²) in [6.07, 6.45) is 0. The minimum Gasteiger partial charge on any atom is -0.465 e. The molecule has 0 aliphatic heterocycles. The van der Waals surface area contributed by atoms with Crippen LogP contribution in [0.25, 0.3) is 0 Å². The summed E-state index contributed by atoms with van der Waals surface area (Å²) in [6, 6.07) is 11.1. The summed E-state index contributed by atoms with van der Waals surface area (Å²) in [6.45, 7) is 1.79. The molecule has 0 radical (unpaired) electrons. The van der Waals surface area contributed by atoms with Crippen LogP contribution >= 0.6 is 0 Å². The fourth-order valence-corrected chi connectivity index (χ4v) is 4.22. The molecule has 0 aromatic heterocycles. The normalized spacial score (nSPS) is 11.9. The van der Waals surface area contributed by atoms with E-state index in [4.69, 9.17) is 0 Å². The molecule has 2 aromatic rings. The second-order valence-corrected chi connectivity index (χ2v) is 8.35. The molecule has 0 unspecified atom stereocenters. The Morgan fingerprint density at radius 1 is 0.880 bits per heavy atom. The van der Waals surface area contributed by atoms with Crippen LogP contribution in [-0.4, -0.2) is 29.9 Å². The Hall–Kier alpha value is -2.27. The predicted molar refractivity (Wildman–Crippen MR) is 89.6 cm³/mol. The molecule has 2 N–H and O–H groups in total. The minimum atomic E-state index is -4.34. The maximum atomic E-state index is 12.4. The average Bonchev–Trinajstić information content (AvgIpc) is 2.60. The summed E-state index contributed by atoms with van der Waals surface area (Å²) < 4.78 is 53.6. The Labute approximate surface area is 145 Å². The molecule has 0 amide bonds. The van der Waals surface area contributed by atoms with Gasteiger partial charge in [-0.2, -0.15) is 0 Å². The highest BCUT2D eigenvalue weighted by Crippen LogP contribution is 2.16. The lowest BCUT2D eigenvalue weighted by Crippen LogP contribution is -2.41. The fourth-order valence-electron chi connectivity index (χ4n) is 1.92. The van der Waals surface area contributed by atoms with Crippen molar-refractivity contribution in [1.29, 1.82) is 0 Å². The van der Waals surface area contributed by atoms with Gasteiger partial charge in [0.05, 0.1) is 22.5 Å². The van der Waals surface area contributed by atoms with Crippen molar-refractivity contribution in [1.82, 2.24) is 9.66 Å². The van der Waals surface area contributed by atoms with Crippen molar-refractivity contribution < 1.29 is 26.4 Å². The highest BCUT2D eigenvalue weighted by atomic mass is 32.2. The molecular formula is C15H16N2O6S2. The first kappa shape index (κ1) is 19.1. The molecule has 0 atom stereocenters. The summed E-state index contributed by atoms with van der Waals surface area (Å²) in [4.78, 5) is 14.7. The van der Waals surface area contributed by atoms with Crippen molar-refractivity contribution in [3.8, 4) is 0 Å². The topological polar surface area (TPSA) is 119 Å². The number of hydrogen-bond acceptors (Lipinski definition) is 6. The standard InChI is InChI=1S/C15H16N2O6S2/c1-11-7-9-12(10-8-11)24(19,20)16-17-25(21,22)14-6-4-3-5-13(14)15(18)23-2/h3-10,16-17H,1-2H3. The minimum absolute atomic E-state index is 0.109. The number of aryl methyl sites for hydroxylation is 1. The van der Waals surface area contributed by atoms with Crippen LogP contribution in [0.2, 0.25) is 0 Å². The van der Waals surface area contributed by atoms with Gasteiger partial charge < -0.3 is 4.74 Å². The summed E-state index contributed by atoms with van der Waals surface area (Å²) in [5.41, 5.74) is 0.638. The molecule has 25 heavy (non-hydrogen) atoms. The molecule has 0 fully saturated rings. The van der Waals surface area contributed by atoms with Crippen molar-refractivity contribution in [3.05, 3.63) is 59.7 Å². The van der Waals surface area contributed by atoms with Gasteiger partial charge in [0.2, 0.25) is 0 Å². The zero-order valence-electron chi connectivity index (χ0n) is 13.4. The van der Waals surface area contributed by atoms with Crippen LogP contribution in [0.3, 0.4) is 0 Å². The average molecular weight is 384 g/mol. The highest BCUT2D eigenvalue weighted by molar-refractivity contribution is 7.92. The van der Waals surface area contributed by atoms with E-state index in [1.807, 2.05) is 0 Å². The summed E-state index contributed by atoms with van der Waals surface area (Å²) in [5.74, 6) is -0.859. The zero-order chi connectivity index (χ0) is 18.7. The second kappa shape index (κ2) is 7.31. The number of benzene rings is 2. The first-order valence-electron chi connectivity index (χ1n) is 6.95. The van der Waals surface area contributed by atoms with Gasteiger partial charge in [-0.25, -0.2) is 21.6 Å². The van der Waals surface area contributed by atoms with E-state index in [9.17, 15) is 21.6 Å². The maximum Gasteiger partial charge on any atom is 0.339 e. The Balaban J connectivity index is 2.28. The van der Waals surface area contributed by atoms with Gasteiger partial charge >= 0.3 is 5.97 Å². The lowest BCUT2D eigenvalue weighted by molar-refractivity contribution is 0.0596. The van der Waals surface area contributed by atoms with E-state index in [1.165, 1.54) is 30.3 Å². The Kier molecular flexibility index (Phi) is 5.58. The molecule has 0 spiro atoms. The summed E-state index contributed by atoms with van der Waals surface area (Å²) in [5, 5.41) is 0. The lowest BCUT2D eigenvalue weighted by atomic mass is 10.2. The molecule has 0 aliphatic carbocycles. The van der Waals surface area contributed by atoms with E-state index in [-0.39, 0.29) is 10.5 Å². The summed E-state index contributed by atoms with van der Waals surface area (Å²) in [7, 11) is -7.34. The van der Waals surface area contributed by atoms with Crippen LogP contribution < -0.4 is 9.66 Å². The predicted octanol–water partition coefficient (Wildman–Crippen LogP) is 0.953. The molecule has 8 nitrogen and oxygen atoms in total. The molecule has 134 valence electrons. The molecule has 10 heteroatoms. The van der Waals surface area contributed by atoms with E-state index < -0.39 is 30.9 Å². The Morgan fingerprint density at radius 2 is 1.44 bits per heavy atom. The number of nitrogens with one attached hydrogen (secondary N) is 2. The van der Waals surface area contributed by atoms with Crippen LogP contribution in [0.4, 0.5) is 0 Å². The van der Waals surface area contributed by atoms with Gasteiger partial charge in [-0.05, 0) is 31.2 Å². The molecule has 0 aliphatic rings. The van der Waals surface area contributed by atoms with E-state index in [0.717, 1.165) is 18.7 Å². The van der Waals surface area contributed by atoms with Crippen LogP contribution in [0.1, 0.15) is 15.9 Å². The number of ether oxygens (including phenoxy) is 1. The number of methoxy groups -OCH3 is 1. The summed E-state index contributed by atoms with van der Waals surface area (Å²) >= 11 is 0. The zero-order valence-corrected chi connectivity index (χ0v) is 15.0. The molecule has 0 heterocycles. The van der Waals surface area contributed by atoms with E-state index in [1.54, 1.807) is 28.7 Å². The first-order valence-corrected chi connectivity index (χ1v) is 9.91. The lowest BCUT2D eigenvalue weighted by Gasteiger charge is -2.11. The van der Waals surface area contributed by atoms with Gasteiger partial charge in [0.15, 0.2) is 0 Å². The quantitative estimate of drug-likeness (QED) is 0.565. The maximum absolute atomic E-state index is 12.4.